The van der Waals surface area contributed by atoms with Gasteiger partial charge in [-0.25, -0.2) is 0 Å². The molecule has 3 nitrogen and oxygen atoms in total. The molecule has 0 aromatic carbocycles. The minimum Gasteiger partial charge on any atom is -0.392 e. The molecule has 112 valence electrons. The van der Waals surface area contributed by atoms with E-state index in [-0.39, 0.29) is 12.2 Å². The monoisotopic (exact) mass is 269 g/mol. The summed E-state index contributed by atoms with van der Waals surface area (Å²) in [6, 6.07) is 0. The summed E-state index contributed by atoms with van der Waals surface area (Å²) in [5.41, 5.74) is 2.72. The zero-order valence-electron chi connectivity index (χ0n) is 13.2. The van der Waals surface area contributed by atoms with Gasteiger partial charge in [-0.15, -0.1) is 0 Å². The van der Waals surface area contributed by atoms with E-state index < -0.39 is 0 Å². The van der Waals surface area contributed by atoms with Crippen LogP contribution in [-0.4, -0.2) is 47.0 Å². The van der Waals surface area contributed by atoms with Crippen molar-refractivity contribution in [2.75, 3.05) is 19.6 Å². The topological polar surface area (TPSA) is 43.7 Å². The van der Waals surface area contributed by atoms with E-state index in [4.69, 9.17) is 0 Å². The minimum atomic E-state index is -0.363. The molecule has 0 saturated heterocycles. The van der Waals surface area contributed by atoms with E-state index in [1.165, 1.54) is 11.1 Å². The molecule has 0 aliphatic rings. The van der Waals surface area contributed by atoms with Gasteiger partial charge in [-0.05, 0) is 47.5 Å². The first kappa shape index (κ1) is 18.4. The van der Waals surface area contributed by atoms with E-state index in [9.17, 15) is 10.2 Å². The van der Waals surface area contributed by atoms with Crippen LogP contribution in [0.1, 0.15) is 47.5 Å². The molecular weight excluding hydrogens is 238 g/mol. The molecular formula is C16H31NO2. The predicted octanol–water partition coefficient (Wildman–Crippen LogP) is 2.74. The lowest BCUT2D eigenvalue weighted by molar-refractivity contribution is 0.0905. The molecule has 0 aromatic rings. The molecule has 0 aliphatic carbocycles. The first-order valence-corrected chi connectivity index (χ1v) is 7.18. The van der Waals surface area contributed by atoms with Gasteiger partial charge in [-0.1, -0.05) is 23.3 Å². The fourth-order valence-electron chi connectivity index (χ4n) is 1.95. The van der Waals surface area contributed by atoms with Crippen LogP contribution < -0.4 is 0 Å². The Morgan fingerprint density at radius 3 is 1.95 bits per heavy atom. The highest BCUT2D eigenvalue weighted by molar-refractivity contribution is 5.03. The molecule has 0 aromatic heterocycles. The van der Waals surface area contributed by atoms with Crippen molar-refractivity contribution in [2.24, 2.45) is 0 Å². The van der Waals surface area contributed by atoms with Gasteiger partial charge in [0.15, 0.2) is 0 Å². The Labute approximate surface area is 118 Å². The normalized spacial score (nSPS) is 15.5. The van der Waals surface area contributed by atoms with Crippen molar-refractivity contribution in [3.8, 4) is 0 Å². The molecule has 0 heterocycles. The summed E-state index contributed by atoms with van der Waals surface area (Å²) in [5.74, 6) is 0. The average Bonchev–Trinajstić information content (AvgIpc) is 2.23. The highest BCUT2D eigenvalue weighted by Gasteiger charge is 2.09. The first-order chi connectivity index (χ1) is 8.81. The highest BCUT2D eigenvalue weighted by atomic mass is 16.3. The summed E-state index contributed by atoms with van der Waals surface area (Å²) in [4.78, 5) is 2.08. The zero-order chi connectivity index (χ0) is 14.8. The third kappa shape index (κ3) is 12.2. The van der Waals surface area contributed by atoms with Gasteiger partial charge >= 0.3 is 0 Å². The summed E-state index contributed by atoms with van der Waals surface area (Å²) in [7, 11) is 0. The quantitative estimate of drug-likeness (QED) is 0.633. The molecule has 0 spiro atoms. The number of nitrogens with zero attached hydrogens (tertiary/aromatic N) is 1. The number of rotatable bonds is 9. The van der Waals surface area contributed by atoms with E-state index in [0.717, 1.165) is 19.4 Å². The van der Waals surface area contributed by atoms with E-state index in [2.05, 4.69) is 37.8 Å². The smallest absolute Gasteiger partial charge is 0.0639 e. The lowest BCUT2D eigenvalue weighted by Gasteiger charge is -2.23. The number of hydrogen-bond donors (Lipinski definition) is 2. The Kier molecular flexibility index (Phi) is 9.84. The molecule has 0 bridgehead atoms. The van der Waals surface area contributed by atoms with Gasteiger partial charge in [0.25, 0.3) is 0 Å². The minimum absolute atomic E-state index is 0.363. The number of allylic oxidation sites excluding steroid dienone is 3. The van der Waals surface area contributed by atoms with Crippen molar-refractivity contribution in [1.29, 1.82) is 0 Å². The third-order valence-corrected chi connectivity index (χ3v) is 2.83. The molecule has 0 aliphatic heterocycles. The molecule has 0 saturated carbocycles. The van der Waals surface area contributed by atoms with Crippen molar-refractivity contribution in [3.05, 3.63) is 23.3 Å². The lowest BCUT2D eigenvalue weighted by atomic mass is 10.1. The number of aliphatic hydroxyl groups excluding tert-OH is 2. The van der Waals surface area contributed by atoms with Crippen LogP contribution in [0.5, 0.6) is 0 Å². The first-order valence-electron chi connectivity index (χ1n) is 7.18. The van der Waals surface area contributed by atoms with Crippen LogP contribution in [0.25, 0.3) is 0 Å². The second-order valence-corrected chi connectivity index (χ2v) is 5.79. The van der Waals surface area contributed by atoms with Gasteiger partial charge in [0.2, 0.25) is 0 Å². The SMILES string of the molecule is CC(C)=CCC/C(C)=C/CN(CC(C)O)CC(C)O. The van der Waals surface area contributed by atoms with E-state index in [0.29, 0.717) is 13.1 Å². The molecule has 19 heavy (non-hydrogen) atoms. The average molecular weight is 269 g/mol. The lowest BCUT2D eigenvalue weighted by Crippen LogP contribution is -2.36. The van der Waals surface area contributed by atoms with Crippen LogP contribution in [0.3, 0.4) is 0 Å². The van der Waals surface area contributed by atoms with Crippen molar-refractivity contribution < 1.29 is 10.2 Å². The van der Waals surface area contributed by atoms with Gasteiger partial charge in [0.1, 0.15) is 0 Å². The molecule has 2 atom stereocenters. The largest absolute Gasteiger partial charge is 0.392 e. The second-order valence-electron chi connectivity index (χ2n) is 5.79. The van der Waals surface area contributed by atoms with E-state index >= 15 is 0 Å². The van der Waals surface area contributed by atoms with Crippen LogP contribution in [-0.2, 0) is 0 Å². The number of hydrogen-bond acceptors (Lipinski definition) is 3. The Balaban J connectivity index is 4.22. The maximum absolute atomic E-state index is 9.45. The highest BCUT2D eigenvalue weighted by Crippen LogP contribution is 2.07. The summed E-state index contributed by atoms with van der Waals surface area (Å²) < 4.78 is 0. The maximum Gasteiger partial charge on any atom is 0.0639 e. The Hall–Kier alpha value is -0.640. The van der Waals surface area contributed by atoms with Gasteiger partial charge < -0.3 is 10.2 Å². The summed E-state index contributed by atoms with van der Waals surface area (Å²) in [6.45, 7) is 11.9. The molecule has 3 heteroatoms. The molecule has 0 rings (SSSR count). The van der Waals surface area contributed by atoms with Gasteiger partial charge in [0, 0.05) is 19.6 Å². The standard InChI is InChI=1S/C16H31NO2/c1-13(2)7-6-8-14(3)9-10-17(11-15(4)18)12-16(5)19/h7,9,15-16,18-19H,6,8,10-12H2,1-5H3/b14-9+. The van der Waals surface area contributed by atoms with Gasteiger partial charge in [-0.3, -0.25) is 4.90 Å². The van der Waals surface area contributed by atoms with Gasteiger partial charge in [0.05, 0.1) is 12.2 Å². The zero-order valence-corrected chi connectivity index (χ0v) is 13.2. The van der Waals surface area contributed by atoms with Crippen molar-refractivity contribution in [2.45, 2.75) is 59.7 Å². The van der Waals surface area contributed by atoms with Crippen molar-refractivity contribution >= 4 is 0 Å². The van der Waals surface area contributed by atoms with Crippen LogP contribution in [0, 0.1) is 0 Å². The van der Waals surface area contributed by atoms with Crippen LogP contribution in [0.15, 0.2) is 23.3 Å². The summed E-state index contributed by atoms with van der Waals surface area (Å²) >= 11 is 0. The van der Waals surface area contributed by atoms with E-state index in [1.807, 2.05) is 0 Å². The van der Waals surface area contributed by atoms with Crippen molar-refractivity contribution in [1.82, 2.24) is 4.90 Å². The number of aliphatic hydroxyl groups is 2. The summed E-state index contributed by atoms with van der Waals surface area (Å²) in [5, 5.41) is 18.9. The maximum atomic E-state index is 9.45. The van der Waals surface area contributed by atoms with Gasteiger partial charge in [-0.2, -0.15) is 0 Å². The van der Waals surface area contributed by atoms with E-state index in [1.54, 1.807) is 13.8 Å². The van der Waals surface area contributed by atoms with Crippen LogP contribution >= 0.6 is 0 Å². The Morgan fingerprint density at radius 2 is 1.53 bits per heavy atom. The van der Waals surface area contributed by atoms with Crippen molar-refractivity contribution in [3.63, 3.8) is 0 Å². The van der Waals surface area contributed by atoms with Crippen LogP contribution in [0.4, 0.5) is 0 Å². The molecule has 0 fully saturated rings. The fourth-order valence-corrected chi connectivity index (χ4v) is 1.95. The molecule has 2 N–H and O–H groups in total. The molecule has 2 unspecified atom stereocenters. The third-order valence-electron chi connectivity index (χ3n) is 2.83. The van der Waals surface area contributed by atoms with Crippen LogP contribution in [0.2, 0.25) is 0 Å². The summed E-state index contributed by atoms with van der Waals surface area (Å²) in [6.07, 6.45) is 5.88. The fraction of sp³-hybridized carbons (Fsp3) is 0.750. The molecule has 0 amide bonds. The predicted molar refractivity (Wildman–Crippen MR) is 82.2 cm³/mol. The molecule has 0 radical (unpaired) electrons. The Morgan fingerprint density at radius 1 is 1.00 bits per heavy atom. The second kappa shape index (κ2) is 10.2. The Bertz CT molecular complexity index is 279.